The number of imidazole rings is 1. The first-order valence-corrected chi connectivity index (χ1v) is 14.0. The van der Waals surface area contributed by atoms with Gasteiger partial charge in [0, 0.05) is 12.3 Å². The van der Waals surface area contributed by atoms with Crippen molar-refractivity contribution in [1.82, 2.24) is 19.5 Å². The Hall–Kier alpha value is -1.79. The van der Waals surface area contributed by atoms with E-state index < -0.39 is 52.4 Å². The molecule has 1 saturated heterocycles. The van der Waals surface area contributed by atoms with Crippen LogP contribution < -0.4 is 11.5 Å². The number of rotatable bonds is 9. The minimum absolute atomic E-state index is 0.119. The van der Waals surface area contributed by atoms with E-state index in [1.807, 2.05) is 6.26 Å². The standard InChI is InChI=1S/C15H22N6O5S.C2H5ClO3S/c1-27(3-2-7(16)15(24)25)4-8-10(22)11(23)14(26-8)21-6-20-9-12(17)18-5-19-13(9)21;3-1-2-7(4,5)6/h5-8,10-11,14,22-23H,2-4,16H2,1H3,(H2-,17,18,19,24,25);1-2H2,(H,4,5,6)/t7-,8+,10+,11+,14+,27?;/m0./s1. The molecule has 2 aromatic rings. The maximum atomic E-state index is 10.8. The van der Waals surface area contributed by atoms with Gasteiger partial charge in [-0.1, -0.05) is 0 Å². The number of fused-ring (bicyclic) bond motifs is 1. The van der Waals surface area contributed by atoms with Crippen molar-refractivity contribution in [2.24, 2.45) is 5.73 Å². The minimum atomic E-state index is -4.06. The van der Waals surface area contributed by atoms with Crippen LogP contribution in [0.4, 0.5) is 5.82 Å². The highest BCUT2D eigenvalue weighted by Gasteiger charge is 2.46. The number of hydrogen-bond acceptors (Lipinski definition) is 12. The van der Waals surface area contributed by atoms with Gasteiger partial charge in [-0.05, 0) is 10.9 Å². The summed E-state index contributed by atoms with van der Waals surface area (Å²) < 4.78 is 36.2. The van der Waals surface area contributed by atoms with Crippen LogP contribution in [-0.2, 0) is 30.5 Å². The molecule has 3 rings (SSSR count). The van der Waals surface area contributed by atoms with Gasteiger partial charge < -0.3 is 36.1 Å². The van der Waals surface area contributed by atoms with E-state index >= 15 is 0 Å². The van der Waals surface area contributed by atoms with Crippen molar-refractivity contribution < 1.29 is 37.8 Å². The molecule has 0 saturated carbocycles. The number of aromatic nitrogens is 4. The summed E-state index contributed by atoms with van der Waals surface area (Å²) in [6.45, 7) is 0. The zero-order chi connectivity index (χ0) is 25.6. The third kappa shape index (κ3) is 7.61. The van der Waals surface area contributed by atoms with E-state index in [-0.39, 0.29) is 22.6 Å². The number of halogens is 1. The summed E-state index contributed by atoms with van der Waals surface area (Å²) in [6, 6.07) is -0.907. The summed E-state index contributed by atoms with van der Waals surface area (Å²) in [5.41, 5.74) is 12.1. The summed E-state index contributed by atoms with van der Waals surface area (Å²) in [4.78, 5) is 23.0. The molecule has 1 unspecified atom stereocenters. The fourth-order valence-corrected chi connectivity index (χ4v) is 5.48. The zero-order valence-corrected chi connectivity index (χ0v) is 20.5. The van der Waals surface area contributed by atoms with E-state index in [9.17, 15) is 28.0 Å². The van der Waals surface area contributed by atoms with Crippen LogP contribution in [0.3, 0.4) is 0 Å². The second-order valence-corrected chi connectivity index (χ2v) is 11.7. The number of nitrogen functional groups attached to an aromatic ring is 1. The van der Waals surface area contributed by atoms with E-state index in [1.54, 1.807) is 0 Å². The van der Waals surface area contributed by atoms with Crippen molar-refractivity contribution >= 4 is 55.6 Å². The Kier molecular flexibility index (Phi) is 10.3. The van der Waals surface area contributed by atoms with Crippen molar-refractivity contribution in [3.05, 3.63) is 12.7 Å². The summed E-state index contributed by atoms with van der Waals surface area (Å²) >= 11 is 4.91. The van der Waals surface area contributed by atoms with E-state index in [4.69, 9.17) is 32.9 Å². The number of carboxylic acids is 1. The summed E-state index contributed by atoms with van der Waals surface area (Å²) in [7, 11) is -4.29. The third-order valence-electron chi connectivity index (χ3n) is 4.87. The van der Waals surface area contributed by atoms with Gasteiger partial charge in [0.15, 0.2) is 17.7 Å². The summed E-state index contributed by atoms with van der Waals surface area (Å²) in [5.74, 6) is -0.342. The quantitative estimate of drug-likeness (QED) is 0.129. The molecule has 1 fully saturated rings. The summed E-state index contributed by atoms with van der Waals surface area (Å²) in [5, 5.41) is 29.7. The van der Waals surface area contributed by atoms with Crippen molar-refractivity contribution in [3.63, 3.8) is 0 Å². The number of hydrogen-bond donors (Lipinski definition) is 5. The Morgan fingerprint density at radius 2 is 2.03 bits per heavy atom. The smallest absolute Gasteiger partial charge is 0.320 e. The van der Waals surface area contributed by atoms with Gasteiger partial charge in [-0.15, -0.1) is 11.6 Å². The molecular formula is C17H27ClN6O8S2. The molecule has 0 radical (unpaired) electrons. The first kappa shape index (κ1) is 28.4. The van der Waals surface area contributed by atoms with Crippen LogP contribution in [0.2, 0.25) is 0 Å². The van der Waals surface area contributed by atoms with Gasteiger partial charge in [0.1, 0.15) is 47.7 Å². The number of alkyl halides is 1. The molecule has 1 aliphatic rings. The zero-order valence-electron chi connectivity index (χ0n) is 18.1. The van der Waals surface area contributed by atoms with Gasteiger partial charge in [-0.2, -0.15) is 0 Å². The molecular weight excluding hydrogens is 516 g/mol. The van der Waals surface area contributed by atoms with Crippen LogP contribution in [0.15, 0.2) is 12.7 Å². The number of aliphatic carboxylic acids is 1. The van der Waals surface area contributed by atoms with Crippen LogP contribution in [-0.4, -0.2) is 108 Å². The average Bonchev–Trinajstić information content (AvgIpc) is 3.29. The molecule has 34 heavy (non-hydrogen) atoms. The Morgan fingerprint density at radius 3 is 2.59 bits per heavy atom. The van der Waals surface area contributed by atoms with Gasteiger partial charge >= 0.3 is 5.97 Å². The fourth-order valence-electron chi connectivity index (χ4n) is 3.06. The number of carbonyl (C=O) groups is 1. The lowest BCUT2D eigenvalue weighted by atomic mass is 10.1. The SMILES string of the molecule is C[S+](CC[C@H](N)C(=O)O)C[C@H]1O[C@@H](n2cnc3c(N)ncnc32)[C@H](O)[C@@H]1O.O=S(=O)([O-])CCCl. The van der Waals surface area contributed by atoms with E-state index in [1.165, 1.54) is 17.2 Å². The lowest BCUT2D eigenvalue weighted by Gasteiger charge is -2.16. The molecule has 0 aliphatic carbocycles. The molecule has 1 aliphatic heterocycles. The van der Waals surface area contributed by atoms with Crippen LogP contribution in [0.25, 0.3) is 11.2 Å². The van der Waals surface area contributed by atoms with Crippen molar-refractivity contribution in [2.75, 3.05) is 35.1 Å². The Morgan fingerprint density at radius 1 is 1.35 bits per heavy atom. The van der Waals surface area contributed by atoms with Gasteiger partial charge in [-0.3, -0.25) is 9.36 Å². The third-order valence-corrected chi connectivity index (χ3v) is 7.82. The van der Waals surface area contributed by atoms with Crippen LogP contribution in [0.1, 0.15) is 12.6 Å². The van der Waals surface area contributed by atoms with Crippen LogP contribution >= 0.6 is 11.6 Å². The molecule has 0 spiro atoms. The number of carboxylic acid groups (broad SMARTS) is 1. The number of anilines is 1. The lowest BCUT2D eigenvalue weighted by molar-refractivity contribution is -0.138. The van der Waals surface area contributed by atoms with Gasteiger partial charge in [0.25, 0.3) is 0 Å². The minimum Gasteiger partial charge on any atom is -0.748 e. The Labute approximate surface area is 203 Å². The molecule has 0 aromatic carbocycles. The monoisotopic (exact) mass is 542 g/mol. The van der Waals surface area contributed by atoms with E-state index in [2.05, 4.69) is 15.0 Å². The normalized spacial score (nSPS) is 24.4. The molecule has 17 heteroatoms. The first-order valence-electron chi connectivity index (χ1n) is 9.87. The molecule has 6 atom stereocenters. The lowest BCUT2D eigenvalue weighted by Crippen LogP contribution is -2.37. The maximum Gasteiger partial charge on any atom is 0.320 e. The molecule has 0 bridgehead atoms. The van der Waals surface area contributed by atoms with Crippen molar-refractivity contribution in [2.45, 2.75) is 37.0 Å². The second kappa shape index (κ2) is 12.3. The van der Waals surface area contributed by atoms with Gasteiger partial charge in [0.05, 0.1) is 28.5 Å². The number of ether oxygens (including phenoxy) is 1. The molecule has 192 valence electrons. The number of aliphatic hydroxyl groups is 2. The molecule has 14 nitrogen and oxygen atoms in total. The highest BCUT2D eigenvalue weighted by atomic mass is 35.5. The highest BCUT2D eigenvalue weighted by molar-refractivity contribution is 7.96. The van der Waals surface area contributed by atoms with E-state index in [0.29, 0.717) is 29.1 Å². The molecule has 0 amide bonds. The topological polar surface area (TPSA) is 240 Å². The van der Waals surface area contributed by atoms with Gasteiger partial charge in [0.2, 0.25) is 0 Å². The molecule has 7 N–H and O–H groups in total. The fraction of sp³-hybridized carbons (Fsp3) is 0.647. The predicted molar refractivity (Wildman–Crippen MR) is 124 cm³/mol. The average molecular weight is 543 g/mol. The first-order chi connectivity index (χ1) is 15.9. The van der Waals surface area contributed by atoms with Gasteiger partial charge in [-0.25, -0.2) is 23.4 Å². The van der Waals surface area contributed by atoms with Crippen LogP contribution in [0.5, 0.6) is 0 Å². The van der Waals surface area contributed by atoms with Crippen molar-refractivity contribution in [1.29, 1.82) is 0 Å². The largest absolute Gasteiger partial charge is 0.748 e. The van der Waals surface area contributed by atoms with Crippen molar-refractivity contribution in [3.8, 4) is 0 Å². The number of aliphatic hydroxyl groups excluding tert-OH is 2. The van der Waals surface area contributed by atoms with E-state index in [0.717, 1.165) is 0 Å². The maximum absolute atomic E-state index is 10.8. The molecule has 3 heterocycles. The Balaban J connectivity index is 0.000000509. The predicted octanol–water partition coefficient (Wildman–Crippen LogP) is -2.15. The Bertz CT molecular complexity index is 1070. The number of nitrogens with zero attached hydrogens (tertiary/aromatic N) is 4. The van der Waals surface area contributed by atoms with Crippen LogP contribution in [0, 0.1) is 0 Å². The molecule has 2 aromatic heterocycles. The second-order valence-electron chi connectivity index (χ2n) is 7.47. The highest BCUT2D eigenvalue weighted by Crippen LogP contribution is 2.32. The summed E-state index contributed by atoms with van der Waals surface area (Å²) in [6.07, 6.45) is 1.31. The number of nitrogens with two attached hydrogens (primary N) is 2.